The van der Waals surface area contributed by atoms with Crippen molar-refractivity contribution >= 4 is 5.97 Å². The fourth-order valence-corrected chi connectivity index (χ4v) is 1.17. The molecule has 1 rings (SSSR count). The Morgan fingerprint density at radius 3 is 2.62 bits per heavy atom. The third-order valence-corrected chi connectivity index (χ3v) is 2.05. The van der Waals surface area contributed by atoms with Crippen LogP contribution in [0.3, 0.4) is 0 Å². The van der Waals surface area contributed by atoms with Crippen LogP contribution in [0.15, 0.2) is 24.2 Å². The van der Waals surface area contributed by atoms with E-state index in [9.17, 15) is 9.90 Å². The minimum absolute atomic E-state index is 0.180. The summed E-state index contributed by atoms with van der Waals surface area (Å²) in [5.41, 5.74) is -0.437. The fourth-order valence-electron chi connectivity index (χ4n) is 1.17. The number of ether oxygens (including phenoxy) is 1. The van der Waals surface area contributed by atoms with Crippen LogP contribution in [-0.2, 0) is 4.74 Å². The van der Waals surface area contributed by atoms with E-state index in [2.05, 4.69) is 6.92 Å². The van der Waals surface area contributed by atoms with Gasteiger partial charge in [-0.2, -0.15) is 0 Å². The molecule has 0 bridgehead atoms. The first-order chi connectivity index (χ1) is 9.41. The first kappa shape index (κ1) is 7.71. The Bertz CT molecular complexity index is 474. The Morgan fingerprint density at radius 1 is 1.31 bits per heavy atom. The van der Waals surface area contributed by atoms with Crippen molar-refractivity contribution in [1.29, 1.82) is 0 Å². The number of carbonyl (C=O) groups excluding carboxylic acids is 1. The van der Waals surface area contributed by atoms with Crippen LogP contribution in [-0.4, -0.2) is 17.7 Å². The van der Waals surface area contributed by atoms with Gasteiger partial charge in [0.25, 0.3) is 0 Å². The largest absolute Gasteiger partial charge is 0.508 e. The van der Waals surface area contributed by atoms with Gasteiger partial charge in [0, 0.05) is 0 Å². The molecule has 3 nitrogen and oxygen atoms in total. The van der Waals surface area contributed by atoms with Gasteiger partial charge in [-0.15, -0.1) is 0 Å². The molecule has 0 aliphatic heterocycles. The predicted octanol–water partition coefficient (Wildman–Crippen LogP) is 3.13. The van der Waals surface area contributed by atoms with Gasteiger partial charge < -0.3 is 9.84 Å². The molecule has 1 aromatic carbocycles. The van der Waals surface area contributed by atoms with E-state index in [0.717, 1.165) is 19.3 Å². The number of rotatable bonds is 6. The summed E-state index contributed by atoms with van der Waals surface area (Å²) in [7, 11) is 0. The number of phenolic OH excluding ortho intramolecular Hbond substituents is 1. The molecule has 16 heavy (non-hydrogen) atoms. The van der Waals surface area contributed by atoms with E-state index in [1.807, 2.05) is 0 Å². The summed E-state index contributed by atoms with van der Waals surface area (Å²) < 4.78 is 35.0. The minimum atomic E-state index is -0.890. The lowest BCUT2D eigenvalue weighted by molar-refractivity contribution is 0.0498. The number of unbranched alkanes of at least 4 members (excludes halogenated alkanes) is 3. The predicted molar refractivity (Wildman–Crippen MR) is 62.5 cm³/mol. The summed E-state index contributed by atoms with van der Waals surface area (Å²) in [6, 6.07) is -2.43. The highest BCUT2D eigenvalue weighted by Crippen LogP contribution is 2.10. The summed E-state index contributed by atoms with van der Waals surface area (Å²) in [5.74, 6) is -1.65. The quantitative estimate of drug-likeness (QED) is 0.598. The van der Waals surface area contributed by atoms with Crippen molar-refractivity contribution in [3.8, 4) is 5.75 Å². The Kier molecular flexibility index (Phi) is 3.32. The zero-order chi connectivity index (χ0) is 15.3. The summed E-state index contributed by atoms with van der Waals surface area (Å²) in [4.78, 5) is 11.8. The Hall–Kier alpha value is -1.51. The SMILES string of the molecule is [2H]c1c([2H])c(C(=O)OCCCCCC)c([2H])c([2H])c1O. The highest BCUT2D eigenvalue weighted by Gasteiger charge is 2.05. The molecule has 3 heteroatoms. The molecule has 0 heterocycles. The molecule has 0 aromatic heterocycles. The lowest BCUT2D eigenvalue weighted by atomic mass is 10.2. The Balaban J connectivity index is 2.83. The van der Waals surface area contributed by atoms with Crippen molar-refractivity contribution in [2.24, 2.45) is 0 Å². The van der Waals surface area contributed by atoms with Crippen LogP contribution in [0, 0.1) is 0 Å². The average Bonchev–Trinajstić information content (AvgIpc) is 2.43. The monoisotopic (exact) mass is 226 g/mol. The topological polar surface area (TPSA) is 46.5 Å². The number of phenols is 1. The molecule has 88 valence electrons. The molecule has 1 aromatic rings. The first-order valence-corrected chi connectivity index (χ1v) is 5.38. The van der Waals surface area contributed by atoms with Gasteiger partial charge in [0.05, 0.1) is 17.7 Å². The number of aromatic hydroxyl groups is 1. The maximum atomic E-state index is 11.8. The van der Waals surface area contributed by atoms with E-state index >= 15 is 0 Å². The minimum Gasteiger partial charge on any atom is -0.508 e. The summed E-state index contributed by atoms with van der Waals surface area (Å²) >= 11 is 0. The molecule has 0 saturated heterocycles. The van der Waals surface area contributed by atoms with Crippen LogP contribution in [0.25, 0.3) is 0 Å². The van der Waals surface area contributed by atoms with Gasteiger partial charge in [0.1, 0.15) is 5.75 Å². The number of hydrogen-bond acceptors (Lipinski definition) is 3. The zero-order valence-electron chi connectivity index (χ0n) is 13.3. The van der Waals surface area contributed by atoms with Crippen LogP contribution in [0.5, 0.6) is 5.75 Å². The van der Waals surface area contributed by atoms with Gasteiger partial charge in [0.2, 0.25) is 0 Å². The second-order valence-electron chi connectivity index (χ2n) is 3.42. The standard InChI is InChI=1S/C13H18O3/c1-2-3-4-5-10-16-13(15)11-6-8-12(14)9-7-11/h6-9,14H,2-5,10H2,1H3/i6D,7D,8D,9D. The number of carbonyl (C=O) groups is 1. The molecule has 0 amide bonds. The molecule has 0 unspecified atom stereocenters. The van der Waals surface area contributed by atoms with Crippen LogP contribution in [0.2, 0.25) is 0 Å². The first-order valence-electron chi connectivity index (χ1n) is 7.38. The van der Waals surface area contributed by atoms with E-state index in [0.29, 0.717) is 6.42 Å². The molecule has 1 N–H and O–H groups in total. The third-order valence-electron chi connectivity index (χ3n) is 2.05. The van der Waals surface area contributed by atoms with Crippen LogP contribution in [0.4, 0.5) is 0 Å². The highest BCUT2D eigenvalue weighted by atomic mass is 16.5. The summed E-state index contributed by atoms with van der Waals surface area (Å²) in [6.07, 6.45) is 3.72. The van der Waals surface area contributed by atoms with Gasteiger partial charge in [-0.05, 0) is 30.6 Å². The van der Waals surface area contributed by atoms with E-state index in [-0.39, 0.29) is 6.61 Å². The van der Waals surface area contributed by atoms with Gasteiger partial charge in [-0.3, -0.25) is 0 Å². The lowest BCUT2D eigenvalue weighted by Gasteiger charge is -2.04. The van der Waals surface area contributed by atoms with Crippen molar-refractivity contribution in [3.05, 3.63) is 29.7 Å². The van der Waals surface area contributed by atoms with Crippen molar-refractivity contribution in [1.82, 2.24) is 0 Å². The zero-order valence-corrected chi connectivity index (χ0v) is 9.30. The fraction of sp³-hybridized carbons (Fsp3) is 0.462. The van der Waals surface area contributed by atoms with E-state index in [1.54, 1.807) is 0 Å². The molecular weight excluding hydrogens is 204 g/mol. The average molecular weight is 226 g/mol. The number of benzene rings is 1. The van der Waals surface area contributed by atoms with Crippen LogP contribution >= 0.6 is 0 Å². The van der Waals surface area contributed by atoms with Crippen molar-refractivity contribution in [2.45, 2.75) is 32.6 Å². The van der Waals surface area contributed by atoms with Gasteiger partial charge in [0.15, 0.2) is 0 Å². The number of hydrogen-bond donors (Lipinski definition) is 1. The maximum Gasteiger partial charge on any atom is 0.338 e. The number of esters is 1. The van der Waals surface area contributed by atoms with E-state index in [4.69, 9.17) is 10.2 Å². The lowest BCUT2D eigenvalue weighted by Crippen LogP contribution is -2.06. The normalized spacial score (nSPS) is 13.6. The van der Waals surface area contributed by atoms with Gasteiger partial charge in [-0.25, -0.2) is 4.79 Å². The van der Waals surface area contributed by atoms with Crippen molar-refractivity contribution < 1.29 is 20.1 Å². The van der Waals surface area contributed by atoms with Gasteiger partial charge in [-0.1, -0.05) is 26.2 Å². The third kappa shape index (κ3) is 4.34. The van der Waals surface area contributed by atoms with Gasteiger partial charge >= 0.3 is 5.97 Å². The van der Waals surface area contributed by atoms with E-state index in [1.165, 1.54) is 0 Å². The molecule has 0 radical (unpaired) electrons. The highest BCUT2D eigenvalue weighted by molar-refractivity contribution is 5.89. The van der Waals surface area contributed by atoms with Crippen LogP contribution < -0.4 is 0 Å². The maximum absolute atomic E-state index is 11.8. The Labute approximate surface area is 102 Å². The van der Waals surface area contributed by atoms with Crippen LogP contribution in [0.1, 0.15) is 48.4 Å². The molecule has 0 saturated carbocycles. The summed E-state index contributed by atoms with van der Waals surface area (Å²) in [6.45, 7) is 2.24. The van der Waals surface area contributed by atoms with Crippen molar-refractivity contribution in [3.63, 3.8) is 0 Å². The molecule has 0 spiro atoms. The summed E-state index contributed by atoms with van der Waals surface area (Å²) in [5, 5.41) is 9.38. The second kappa shape index (κ2) is 6.88. The molecular formula is C13H18O3. The molecule has 0 aliphatic rings. The Morgan fingerprint density at radius 2 is 2.00 bits per heavy atom. The molecule has 0 atom stereocenters. The second-order valence-corrected chi connectivity index (χ2v) is 3.42. The molecule has 0 fully saturated rings. The molecule has 0 aliphatic carbocycles. The van der Waals surface area contributed by atoms with E-state index < -0.39 is 41.5 Å². The smallest absolute Gasteiger partial charge is 0.338 e. The van der Waals surface area contributed by atoms with Crippen molar-refractivity contribution in [2.75, 3.05) is 6.61 Å².